The summed E-state index contributed by atoms with van der Waals surface area (Å²) in [6.45, 7) is 1.62. The molecular formula is C12H11NO4S3. The number of sulfone groups is 1. The van der Waals surface area contributed by atoms with Gasteiger partial charge in [-0.15, -0.1) is 11.3 Å². The Morgan fingerprint density at radius 3 is 2.55 bits per heavy atom. The molecule has 1 aromatic carbocycles. The maximum atomic E-state index is 11.7. The topological polar surface area (TPSA) is 84.3 Å². The summed E-state index contributed by atoms with van der Waals surface area (Å²) in [5.74, 6) is -1.02. The summed E-state index contributed by atoms with van der Waals surface area (Å²) < 4.78 is 23.9. The van der Waals surface area contributed by atoms with Crippen molar-refractivity contribution < 1.29 is 18.3 Å². The van der Waals surface area contributed by atoms with E-state index in [-0.39, 0.29) is 9.77 Å². The minimum Gasteiger partial charge on any atom is -0.477 e. The Balaban J connectivity index is 2.41. The Kier molecular flexibility index (Phi) is 4.17. The van der Waals surface area contributed by atoms with Crippen LogP contribution in [0.4, 0.5) is 0 Å². The minimum atomic E-state index is -3.33. The van der Waals surface area contributed by atoms with Gasteiger partial charge in [-0.1, -0.05) is 23.9 Å². The van der Waals surface area contributed by atoms with Crippen molar-refractivity contribution in [3.05, 3.63) is 34.8 Å². The molecule has 8 heteroatoms. The Morgan fingerprint density at radius 2 is 2.00 bits per heavy atom. The van der Waals surface area contributed by atoms with Gasteiger partial charge in [-0.2, -0.15) is 0 Å². The number of hydrogen-bond donors (Lipinski definition) is 1. The Hall–Kier alpha value is -1.38. The highest BCUT2D eigenvalue weighted by Gasteiger charge is 2.18. The van der Waals surface area contributed by atoms with E-state index < -0.39 is 15.8 Å². The lowest BCUT2D eigenvalue weighted by Crippen LogP contribution is -1.98. The third kappa shape index (κ3) is 3.20. The molecule has 0 atom stereocenters. The number of carboxylic acids is 1. The molecular weight excluding hydrogens is 318 g/mol. The highest BCUT2D eigenvalue weighted by molar-refractivity contribution is 8.01. The van der Waals surface area contributed by atoms with E-state index >= 15 is 0 Å². The summed E-state index contributed by atoms with van der Waals surface area (Å²) in [5.41, 5.74) is 0.432. The van der Waals surface area contributed by atoms with E-state index in [9.17, 15) is 13.2 Å². The molecule has 1 heterocycles. The first-order valence-electron chi connectivity index (χ1n) is 5.46. The van der Waals surface area contributed by atoms with Gasteiger partial charge in [0.1, 0.15) is 4.88 Å². The molecule has 0 saturated heterocycles. The first-order valence-corrected chi connectivity index (χ1v) is 8.99. The SMILES string of the molecule is Cc1nc(Sc2ccccc2S(C)(=O)=O)sc1C(=O)O. The predicted molar refractivity (Wildman–Crippen MR) is 77.5 cm³/mol. The summed E-state index contributed by atoms with van der Waals surface area (Å²) in [6.07, 6.45) is 1.14. The minimum absolute atomic E-state index is 0.171. The monoisotopic (exact) mass is 329 g/mol. The van der Waals surface area contributed by atoms with Crippen molar-refractivity contribution >= 4 is 38.9 Å². The number of rotatable bonds is 4. The Labute approximate surface area is 124 Å². The van der Waals surface area contributed by atoms with Crippen LogP contribution in [0.2, 0.25) is 0 Å². The number of hydrogen-bond acceptors (Lipinski definition) is 6. The molecule has 0 unspecified atom stereocenters. The van der Waals surface area contributed by atoms with Gasteiger partial charge in [0, 0.05) is 11.2 Å². The van der Waals surface area contributed by atoms with Gasteiger partial charge < -0.3 is 5.11 Å². The van der Waals surface area contributed by atoms with Crippen molar-refractivity contribution in [3.63, 3.8) is 0 Å². The maximum Gasteiger partial charge on any atom is 0.347 e. The molecule has 0 fully saturated rings. The zero-order chi connectivity index (χ0) is 14.9. The molecule has 106 valence electrons. The van der Waals surface area contributed by atoms with Gasteiger partial charge in [0.25, 0.3) is 0 Å². The fourth-order valence-corrected chi connectivity index (χ4v) is 4.90. The lowest BCUT2D eigenvalue weighted by molar-refractivity contribution is 0.0701. The summed E-state index contributed by atoms with van der Waals surface area (Å²) in [7, 11) is -3.33. The van der Waals surface area contributed by atoms with Gasteiger partial charge in [0.15, 0.2) is 14.2 Å². The van der Waals surface area contributed by atoms with Gasteiger partial charge in [-0.05, 0) is 19.1 Å². The van der Waals surface area contributed by atoms with Crippen molar-refractivity contribution in [3.8, 4) is 0 Å². The van der Waals surface area contributed by atoms with Gasteiger partial charge in [-0.3, -0.25) is 0 Å². The van der Waals surface area contributed by atoms with Crippen molar-refractivity contribution in [2.75, 3.05) is 6.26 Å². The van der Waals surface area contributed by atoms with E-state index in [0.717, 1.165) is 29.4 Å². The van der Waals surface area contributed by atoms with Crippen LogP contribution in [-0.2, 0) is 9.84 Å². The largest absolute Gasteiger partial charge is 0.477 e. The van der Waals surface area contributed by atoms with Crippen LogP contribution in [0, 0.1) is 6.92 Å². The van der Waals surface area contributed by atoms with Crippen LogP contribution in [0.5, 0.6) is 0 Å². The second-order valence-corrected chi connectivity index (χ2v) is 8.29. The highest BCUT2D eigenvalue weighted by Crippen LogP contribution is 2.36. The van der Waals surface area contributed by atoms with Crippen LogP contribution < -0.4 is 0 Å². The van der Waals surface area contributed by atoms with Crippen molar-refractivity contribution in [2.45, 2.75) is 21.1 Å². The molecule has 0 saturated carbocycles. The molecule has 1 aromatic heterocycles. The maximum absolute atomic E-state index is 11.7. The quantitative estimate of drug-likeness (QED) is 0.928. The van der Waals surface area contributed by atoms with Crippen molar-refractivity contribution in [1.29, 1.82) is 0 Å². The summed E-state index contributed by atoms with van der Waals surface area (Å²) >= 11 is 2.20. The van der Waals surface area contributed by atoms with E-state index in [2.05, 4.69) is 4.98 Å². The molecule has 0 aliphatic heterocycles. The van der Waals surface area contributed by atoms with Gasteiger partial charge in [0.05, 0.1) is 10.6 Å². The third-order valence-corrected chi connectivity index (χ3v) is 5.98. The molecule has 0 aliphatic rings. The average Bonchev–Trinajstić information content (AvgIpc) is 2.69. The van der Waals surface area contributed by atoms with Gasteiger partial charge in [0.2, 0.25) is 0 Å². The third-order valence-electron chi connectivity index (χ3n) is 2.42. The van der Waals surface area contributed by atoms with E-state index in [1.165, 1.54) is 6.07 Å². The standard InChI is InChI=1S/C12H11NO4S3/c1-7-10(11(14)15)19-12(13-7)18-8-5-3-4-6-9(8)20(2,16)17/h3-6H,1-2H3,(H,14,15). The van der Waals surface area contributed by atoms with Crippen LogP contribution in [-0.4, -0.2) is 30.7 Å². The summed E-state index contributed by atoms with van der Waals surface area (Å²) in [4.78, 5) is 16.1. The zero-order valence-electron chi connectivity index (χ0n) is 10.7. The first kappa shape index (κ1) is 15.0. The number of aryl methyl sites for hydroxylation is 1. The molecule has 0 bridgehead atoms. The number of aromatic carboxylic acids is 1. The Morgan fingerprint density at radius 1 is 1.35 bits per heavy atom. The lowest BCUT2D eigenvalue weighted by Gasteiger charge is -2.04. The molecule has 0 radical (unpaired) electrons. The van der Waals surface area contributed by atoms with Crippen molar-refractivity contribution in [1.82, 2.24) is 4.98 Å². The second-order valence-electron chi connectivity index (χ2n) is 4.02. The van der Waals surface area contributed by atoms with Crippen LogP contribution >= 0.6 is 23.1 Å². The number of thiazole rings is 1. The summed E-state index contributed by atoms with van der Waals surface area (Å²) in [5, 5.41) is 8.99. The Bertz CT molecular complexity index is 765. The average molecular weight is 329 g/mol. The van der Waals surface area contributed by atoms with Gasteiger partial charge >= 0.3 is 5.97 Å². The first-order chi connectivity index (χ1) is 9.29. The number of nitrogens with zero attached hydrogens (tertiary/aromatic N) is 1. The smallest absolute Gasteiger partial charge is 0.347 e. The van der Waals surface area contributed by atoms with Gasteiger partial charge in [-0.25, -0.2) is 18.2 Å². The molecule has 0 spiro atoms. The normalized spacial score (nSPS) is 11.5. The van der Waals surface area contributed by atoms with Crippen LogP contribution in [0.25, 0.3) is 0 Å². The number of carbonyl (C=O) groups is 1. The fraction of sp³-hybridized carbons (Fsp3) is 0.167. The molecule has 20 heavy (non-hydrogen) atoms. The highest BCUT2D eigenvalue weighted by atomic mass is 32.2. The molecule has 2 rings (SSSR count). The lowest BCUT2D eigenvalue weighted by atomic mass is 10.4. The van der Waals surface area contributed by atoms with Crippen LogP contribution in [0.3, 0.4) is 0 Å². The molecule has 0 aliphatic carbocycles. The van der Waals surface area contributed by atoms with E-state index in [1.54, 1.807) is 25.1 Å². The predicted octanol–water partition coefficient (Wildman–Crippen LogP) is 2.70. The number of carboxylic acid groups (broad SMARTS) is 1. The van der Waals surface area contributed by atoms with E-state index in [4.69, 9.17) is 5.11 Å². The number of benzene rings is 1. The van der Waals surface area contributed by atoms with Crippen molar-refractivity contribution in [2.24, 2.45) is 0 Å². The fourth-order valence-electron chi connectivity index (χ4n) is 1.55. The zero-order valence-corrected chi connectivity index (χ0v) is 13.1. The summed E-state index contributed by atoms with van der Waals surface area (Å²) in [6, 6.07) is 6.58. The molecule has 5 nitrogen and oxygen atoms in total. The van der Waals surface area contributed by atoms with E-state index in [0.29, 0.717) is 14.9 Å². The second kappa shape index (κ2) is 5.55. The molecule has 2 aromatic rings. The van der Waals surface area contributed by atoms with Crippen LogP contribution in [0.1, 0.15) is 15.4 Å². The molecule has 1 N–H and O–H groups in total. The van der Waals surface area contributed by atoms with E-state index in [1.807, 2.05) is 0 Å². The number of aromatic nitrogens is 1. The van der Waals surface area contributed by atoms with Crippen LogP contribution in [0.15, 0.2) is 38.4 Å². The molecule has 0 amide bonds.